The predicted molar refractivity (Wildman–Crippen MR) is 157 cm³/mol. The topological polar surface area (TPSA) is 114 Å². The summed E-state index contributed by atoms with van der Waals surface area (Å²) in [5.74, 6) is 0.635. The van der Waals surface area contributed by atoms with Gasteiger partial charge in [0.15, 0.2) is 5.69 Å². The van der Waals surface area contributed by atoms with Crippen LogP contribution in [0.5, 0.6) is 0 Å². The lowest BCUT2D eigenvalue weighted by molar-refractivity contribution is -0.118. The highest BCUT2D eigenvalue weighted by molar-refractivity contribution is 5.83. The monoisotopic (exact) mass is 554 g/mol. The van der Waals surface area contributed by atoms with Gasteiger partial charge in [0.1, 0.15) is 11.6 Å². The maximum absolute atomic E-state index is 12.5. The Labute approximate surface area is 245 Å². The number of hydrogen-bond donors (Lipinski definition) is 0. The smallest absolute Gasteiger partial charge is 0.187 e. The average Bonchev–Trinajstić information content (AvgIpc) is 3.02. The fourth-order valence-corrected chi connectivity index (χ4v) is 5.46. The molecule has 0 bridgehead atoms. The highest BCUT2D eigenvalue weighted by Gasteiger charge is 2.27. The summed E-state index contributed by atoms with van der Waals surface area (Å²) < 4.78 is 0. The van der Waals surface area contributed by atoms with Gasteiger partial charge in [-0.2, -0.15) is 25.7 Å². The molecule has 1 aliphatic rings. The molecule has 0 unspecified atom stereocenters. The zero-order valence-corrected chi connectivity index (χ0v) is 23.2. The van der Waals surface area contributed by atoms with Gasteiger partial charge in [0.25, 0.3) is 0 Å². The Bertz CT molecular complexity index is 1490. The van der Waals surface area contributed by atoms with Crippen LogP contribution in [0.4, 0.5) is 5.69 Å². The van der Waals surface area contributed by atoms with Gasteiger partial charge in [-0.1, -0.05) is 42.8 Å². The lowest BCUT2D eigenvalue weighted by Crippen LogP contribution is -2.17. The maximum Gasteiger partial charge on any atom is 0.187 e. The molecule has 0 N–H and O–H groups in total. The van der Waals surface area contributed by atoms with Crippen LogP contribution in [-0.2, 0) is 35.3 Å². The Balaban J connectivity index is 1.12. The molecule has 208 valence electrons. The van der Waals surface area contributed by atoms with Crippen molar-refractivity contribution in [2.24, 2.45) is 0 Å². The molecule has 0 radical (unpaired) electrons. The first-order chi connectivity index (χ1) is 20.5. The number of nitriles is 1. The SMILES string of the molecule is [C-]#[N+]c1ccc(CC(=O)Cc2ccc([C@H]3CCC[C@H](c4ccc(CC(=O)Cc5ccc(C#N)cc5)nn4)C3)nn2)cc1. The molecule has 8 nitrogen and oxygen atoms in total. The van der Waals surface area contributed by atoms with Gasteiger partial charge in [-0.15, -0.1) is 0 Å². The van der Waals surface area contributed by atoms with E-state index in [0.29, 0.717) is 35.5 Å². The minimum Gasteiger partial charge on any atom is -0.299 e. The van der Waals surface area contributed by atoms with E-state index in [1.54, 1.807) is 24.3 Å². The Morgan fingerprint density at radius 1 is 0.714 bits per heavy atom. The molecule has 0 amide bonds. The number of carbonyl (C=O) groups is 2. The van der Waals surface area contributed by atoms with Gasteiger partial charge < -0.3 is 0 Å². The van der Waals surface area contributed by atoms with E-state index in [-0.39, 0.29) is 36.2 Å². The summed E-state index contributed by atoms with van der Waals surface area (Å²) in [5.41, 5.74) is 6.08. The van der Waals surface area contributed by atoms with Crippen LogP contribution in [0.25, 0.3) is 4.85 Å². The number of carbonyl (C=O) groups excluding carboxylic acids is 2. The lowest BCUT2D eigenvalue weighted by atomic mass is 9.78. The van der Waals surface area contributed by atoms with Crippen LogP contribution in [0.2, 0.25) is 0 Å². The zero-order valence-electron chi connectivity index (χ0n) is 23.2. The van der Waals surface area contributed by atoms with Crippen molar-refractivity contribution in [2.75, 3.05) is 0 Å². The molecule has 5 rings (SSSR count). The molecular weight excluding hydrogens is 524 g/mol. The summed E-state index contributed by atoms with van der Waals surface area (Å²) >= 11 is 0. The Morgan fingerprint density at radius 3 is 1.64 bits per heavy atom. The second kappa shape index (κ2) is 13.5. The van der Waals surface area contributed by atoms with Crippen molar-refractivity contribution in [1.82, 2.24) is 20.4 Å². The minimum absolute atomic E-state index is 0.0541. The maximum atomic E-state index is 12.5. The van der Waals surface area contributed by atoms with Crippen molar-refractivity contribution in [2.45, 2.75) is 63.2 Å². The van der Waals surface area contributed by atoms with E-state index in [4.69, 9.17) is 11.8 Å². The Hall–Kier alpha value is -5.08. The summed E-state index contributed by atoms with van der Waals surface area (Å²) in [5, 5.41) is 26.6. The van der Waals surface area contributed by atoms with Crippen LogP contribution in [-0.4, -0.2) is 32.0 Å². The molecular formula is C34H30N6O2. The van der Waals surface area contributed by atoms with E-state index in [1.165, 1.54) is 0 Å². The fourth-order valence-electron chi connectivity index (χ4n) is 5.46. The summed E-state index contributed by atoms with van der Waals surface area (Å²) in [4.78, 5) is 28.5. The molecule has 0 aliphatic heterocycles. The minimum atomic E-state index is 0.0541. The Morgan fingerprint density at radius 2 is 1.21 bits per heavy atom. The van der Waals surface area contributed by atoms with Crippen LogP contribution < -0.4 is 0 Å². The van der Waals surface area contributed by atoms with Gasteiger partial charge in [-0.25, -0.2) is 4.85 Å². The summed E-state index contributed by atoms with van der Waals surface area (Å²) in [6, 6.07) is 24.0. The van der Waals surface area contributed by atoms with Gasteiger partial charge in [0.05, 0.1) is 53.8 Å². The number of rotatable bonds is 10. The number of aromatic nitrogens is 4. The third-order valence-electron chi connectivity index (χ3n) is 7.70. The van der Waals surface area contributed by atoms with E-state index in [1.807, 2.05) is 48.5 Å². The molecule has 2 aromatic carbocycles. The van der Waals surface area contributed by atoms with E-state index in [0.717, 1.165) is 48.2 Å². The molecule has 42 heavy (non-hydrogen) atoms. The Kier molecular flexibility index (Phi) is 9.16. The van der Waals surface area contributed by atoms with Crippen LogP contribution in [0.1, 0.15) is 77.0 Å². The highest BCUT2D eigenvalue weighted by Crippen LogP contribution is 2.39. The van der Waals surface area contributed by atoms with Gasteiger partial charge in [-0.05, 0) is 66.8 Å². The largest absolute Gasteiger partial charge is 0.299 e. The van der Waals surface area contributed by atoms with Crippen molar-refractivity contribution >= 4 is 17.3 Å². The number of benzene rings is 2. The first kappa shape index (κ1) is 28.4. The zero-order chi connectivity index (χ0) is 29.3. The summed E-state index contributed by atoms with van der Waals surface area (Å²) in [6.45, 7) is 7.04. The van der Waals surface area contributed by atoms with Crippen LogP contribution >= 0.6 is 0 Å². The molecule has 4 aromatic rings. The van der Waals surface area contributed by atoms with Gasteiger partial charge in [-0.3, -0.25) is 9.59 Å². The van der Waals surface area contributed by atoms with E-state index in [9.17, 15) is 9.59 Å². The normalized spacial score (nSPS) is 16.2. The van der Waals surface area contributed by atoms with Crippen molar-refractivity contribution in [3.05, 3.63) is 124 Å². The molecule has 8 heteroatoms. The van der Waals surface area contributed by atoms with E-state index < -0.39 is 0 Å². The lowest BCUT2D eigenvalue weighted by Gasteiger charge is -2.28. The van der Waals surface area contributed by atoms with Crippen molar-refractivity contribution < 1.29 is 9.59 Å². The number of nitrogens with zero attached hydrogens (tertiary/aromatic N) is 6. The van der Waals surface area contributed by atoms with Crippen LogP contribution in [0, 0.1) is 17.9 Å². The highest BCUT2D eigenvalue weighted by atomic mass is 16.1. The standard InChI is InChI=1S/C34H30N6O2/c1-36-28-11-9-24(10-12-28)18-32(42)21-30-14-16-34(40-38-30)27-4-2-3-26(19-27)33-15-13-29(37-39-33)20-31(41)17-23-5-7-25(22-35)8-6-23/h5-16,26-27H,2-4,17-21H2/t26-,27-/m0/s1. The summed E-state index contributed by atoms with van der Waals surface area (Å²) in [7, 11) is 0. The van der Waals surface area contributed by atoms with Crippen LogP contribution in [0.15, 0.2) is 72.8 Å². The quantitative estimate of drug-likeness (QED) is 0.226. The third kappa shape index (κ3) is 7.56. The molecule has 2 aromatic heterocycles. The van der Waals surface area contributed by atoms with Crippen LogP contribution in [0.3, 0.4) is 0 Å². The van der Waals surface area contributed by atoms with Gasteiger partial charge in [0.2, 0.25) is 0 Å². The summed E-state index contributed by atoms with van der Waals surface area (Å²) in [6.07, 6.45) is 5.05. The number of Topliss-reactive ketones (excluding diaryl/α,β-unsaturated/α-hetero) is 2. The van der Waals surface area contributed by atoms with Crippen molar-refractivity contribution in [3.63, 3.8) is 0 Å². The molecule has 0 saturated heterocycles. The average molecular weight is 555 g/mol. The second-order valence-electron chi connectivity index (χ2n) is 10.8. The molecule has 2 heterocycles. The first-order valence-corrected chi connectivity index (χ1v) is 14.1. The molecule has 0 spiro atoms. The first-order valence-electron chi connectivity index (χ1n) is 14.1. The van der Waals surface area contributed by atoms with Crippen molar-refractivity contribution in [1.29, 1.82) is 5.26 Å². The van der Waals surface area contributed by atoms with Gasteiger partial charge >= 0.3 is 0 Å². The van der Waals surface area contributed by atoms with E-state index >= 15 is 0 Å². The molecule has 1 fully saturated rings. The van der Waals surface area contributed by atoms with E-state index in [2.05, 4.69) is 31.3 Å². The molecule has 1 aliphatic carbocycles. The fraction of sp³-hybridized carbons (Fsp3) is 0.294. The van der Waals surface area contributed by atoms with Crippen molar-refractivity contribution in [3.8, 4) is 6.07 Å². The second-order valence-corrected chi connectivity index (χ2v) is 10.8. The number of hydrogen-bond acceptors (Lipinski definition) is 7. The number of ketones is 2. The van der Waals surface area contributed by atoms with Gasteiger partial charge in [0, 0.05) is 24.7 Å². The predicted octanol–water partition coefficient (Wildman–Crippen LogP) is 5.84. The third-order valence-corrected chi connectivity index (χ3v) is 7.70. The molecule has 2 atom stereocenters. The molecule has 1 saturated carbocycles.